The molecule has 2 amide bonds. The molecular weight excluding hydrogens is 452 g/mol. The van der Waals surface area contributed by atoms with Gasteiger partial charge < -0.3 is 19.9 Å². The summed E-state index contributed by atoms with van der Waals surface area (Å²) in [4.78, 5) is 34.4. The third-order valence-electron chi connectivity index (χ3n) is 8.12. The summed E-state index contributed by atoms with van der Waals surface area (Å²) >= 11 is 0. The van der Waals surface area contributed by atoms with Crippen LogP contribution in [0, 0.1) is 5.41 Å². The zero-order chi connectivity index (χ0) is 25.3. The third kappa shape index (κ3) is 5.35. The fraction of sp³-hybridized carbons (Fsp3) is 0.552. The van der Waals surface area contributed by atoms with Crippen molar-refractivity contribution in [2.75, 3.05) is 31.1 Å². The van der Waals surface area contributed by atoms with Crippen LogP contribution in [0.1, 0.15) is 80.4 Å². The van der Waals surface area contributed by atoms with Crippen LogP contribution in [0.2, 0.25) is 0 Å². The smallest absolute Gasteiger partial charge is 0.408 e. The molecule has 1 aliphatic carbocycles. The number of rotatable bonds is 3. The van der Waals surface area contributed by atoms with Gasteiger partial charge in [0.25, 0.3) is 5.91 Å². The van der Waals surface area contributed by atoms with Crippen molar-refractivity contribution >= 4 is 17.7 Å². The van der Waals surface area contributed by atoms with Gasteiger partial charge in [0.05, 0.1) is 6.04 Å². The highest BCUT2D eigenvalue weighted by Crippen LogP contribution is 2.42. The Morgan fingerprint density at radius 1 is 1.00 bits per heavy atom. The number of hydrogen-bond acceptors (Lipinski definition) is 5. The van der Waals surface area contributed by atoms with E-state index in [1.54, 1.807) is 0 Å². The number of carbonyl (C=O) groups is 2. The number of nitrogens with one attached hydrogen (secondary N) is 1. The second-order valence-electron chi connectivity index (χ2n) is 11.6. The lowest BCUT2D eigenvalue weighted by atomic mass is 9.71. The maximum atomic E-state index is 13.4. The van der Waals surface area contributed by atoms with Crippen LogP contribution in [0.15, 0.2) is 42.7 Å². The first-order chi connectivity index (χ1) is 17.2. The molecule has 0 bridgehead atoms. The Hall–Kier alpha value is -3.09. The van der Waals surface area contributed by atoms with Crippen molar-refractivity contribution in [3.05, 3.63) is 59.4 Å². The van der Waals surface area contributed by atoms with Crippen LogP contribution in [0.3, 0.4) is 0 Å². The van der Waals surface area contributed by atoms with Crippen molar-refractivity contribution in [2.24, 2.45) is 5.41 Å². The van der Waals surface area contributed by atoms with E-state index in [0.717, 1.165) is 63.0 Å². The molecule has 1 unspecified atom stereocenters. The number of anilines is 1. The fourth-order valence-corrected chi connectivity index (χ4v) is 6.00. The molecule has 2 fully saturated rings. The highest BCUT2D eigenvalue weighted by atomic mass is 16.6. The number of piperidine rings is 2. The normalized spacial score (nSPS) is 21.2. The molecule has 2 aromatic rings. The van der Waals surface area contributed by atoms with Crippen molar-refractivity contribution in [3.63, 3.8) is 0 Å². The molecular formula is C29H38N4O3. The van der Waals surface area contributed by atoms with Crippen LogP contribution in [0.25, 0.3) is 0 Å². The topological polar surface area (TPSA) is 74.8 Å². The Morgan fingerprint density at radius 2 is 1.67 bits per heavy atom. The van der Waals surface area contributed by atoms with Crippen LogP contribution in [-0.2, 0) is 11.2 Å². The van der Waals surface area contributed by atoms with Gasteiger partial charge in [-0.25, -0.2) is 4.79 Å². The second kappa shape index (κ2) is 9.75. The summed E-state index contributed by atoms with van der Waals surface area (Å²) < 4.78 is 5.44. The molecule has 1 N–H and O–H groups in total. The van der Waals surface area contributed by atoms with E-state index >= 15 is 0 Å². The lowest BCUT2D eigenvalue weighted by Crippen LogP contribution is -2.48. The first-order valence-corrected chi connectivity index (χ1v) is 13.3. The number of amides is 2. The van der Waals surface area contributed by atoms with Crippen molar-refractivity contribution in [3.8, 4) is 0 Å². The van der Waals surface area contributed by atoms with E-state index in [2.05, 4.69) is 33.4 Å². The van der Waals surface area contributed by atoms with E-state index in [1.807, 2.05) is 50.2 Å². The maximum absolute atomic E-state index is 13.4. The molecule has 192 valence electrons. The molecule has 2 aliphatic heterocycles. The summed E-state index contributed by atoms with van der Waals surface area (Å²) in [6.45, 7) is 9.33. The van der Waals surface area contributed by atoms with Crippen molar-refractivity contribution in [1.82, 2.24) is 15.2 Å². The number of aromatic nitrogens is 1. The summed E-state index contributed by atoms with van der Waals surface area (Å²) in [7, 11) is 0. The standard InChI is InChI=1S/C29H38N4O3/c1-28(2,3)36-27(35)31-25-7-6-21-4-5-22(20-24(21)25)26(34)33-18-12-29(13-19-33)10-16-32(17-11-29)23-8-14-30-15-9-23/h4-5,8-9,14-15,20,25H,6-7,10-13,16-19H2,1-3H3,(H,31,35). The molecule has 0 saturated carbocycles. The maximum Gasteiger partial charge on any atom is 0.408 e. The molecule has 3 heterocycles. The van der Waals surface area contributed by atoms with Crippen LogP contribution in [0.5, 0.6) is 0 Å². The van der Waals surface area contributed by atoms with Crippen LogP contribution < -0.4 is 10.2 Å². The molecule has 3 aliphatic rings. The van der Waals surface area contributed by atoms with Gasteiger partial charge in [-0.2, -0.15) is 0 Å². The quantitative estimate of drug-likeness (QED) is 0.647. The minimum Gasteiger partial charge on any atom is -0.444 e. The highest BCUT2D eigenvalue weighted by molar-refractivity contribution is 5.94. The highest BCUT2D eigenvalue weighted by Gasteiger charge is 2.39. The van der Waals surface area contributed by atoms with Crippen LogP contribution in [-0.4, -0.2) is 53.7 Å². The predicted octanol–water partition coefficient (Wildman–Crippen LogP) is 5.12. The summed E-state index contributed by atoms with van der Waals surface area (Å²) in [5.41, 5.74) is 4.03. The molecule has 1 spiro atoms. The Kier molecular flexibility index (Phi) is 6.66. The fourth-order valence-electron chi connectivity index (χ4n) is 6.00. The number of likely N-dealkylation sites (tertiary alicyclic amines) is 1. The molecule has 0 radical (unpaired) electrons. The largest absolute Gasteiger partial charge is 0.444 e. The molecule has 36 heavy (non-hydrogen) atoms. The van der Waals surface area contributed by atoms with Gasteiger partial charge in [0, 0.05) is 49.8 Å². The number of alkyl carbamates (subject to hydrolysis) is 1. The Bertz CT molecular complexity index is 1090. The Labute approximate surface area is 214 Å². The number of benzene rings is 1. The van der Waals surface area contributed by atoms with Gasteiger partial charge in [-0.15, -0.1) is 0 Å². The van der Waals surface area contributed by atoms with E-state index < -0.39 is 11.7 Å². The van der Waals surface area contributed by atoms with Gasteiger partial charge in [0.1, 0.15) is 5.60 Å². The number of nitrogens with zero attached hydrogens (tertiary/aromatic N) is 3. The molecule has 1 aromatic heterocycles. The predicted molar refractivity (Wildman–Crippen MR) is 140 cm³/mol. The van der Waals surface area contributed by atoms with E-state index in [-0.39, 0.29) is 11.9 Å². The van der Waals surface area contributed by atoms with E-state index in [0.29, 0.717) is 5.41 Å². The third-order valence-corrected chi connectivity index (χ3v) is 8.12. The van der Waals surface area contributed by atoms with Crippen molar-refractivity contribution in [1.29, 1.82) is 0 Å². The monoisotopic (exact) mass is 490 g/mol. The van der Waals surface area contributed by atoms with Crippen LogP contribution >= 0.6 is 0 Å². The van der Waals surface area contributed by atoms with Gasteiger partial charge in [0.15, 0.2) is 0 Å². The molecule has 7 heteroatoms. The van der Waals surface area contributed by atoms with Gasteiger partial charge >= 0.3 is 6.09 Å². The minimum atomic E-state index is -0.537. The summed E-state index contributed by atoms with van der Waals surface area (Å²) in [6, 6.07) is 10.1. The summed E-state index contributed by atoms with van der Waals surface area (Å²) in [6.07, 6.45) is 9.52. The number of fused-ring (bicyclic) bond motifs is 1. The molecule has 2 saturated heterocycles. The van der Waals surface area contributed by atoms with E-state index in [1.165, 1.54) is 24.1 Å². The van der Waals surface area contributed by atoms with Gasteiger partial charge in [-0.1, -0.05) is 6.07 Å². The number of pyridine rings is 1. The Morgan fingerprint density at radius 3 is 2.33 bits per heavy atom. The lowest BCUT2D eigenvalue weighted by molar-refractivity contribution is 0.0501. The first kappa shape index (κ1) is 24.6. The summed E-state index contributed by atoms with van der Waals surface area (Å²) in [5, 5.41) is 3.00. The van der Waals surface area contributed by atoms with Crippen molar-refractivity contribution in [2.45, 2.75) is 70.9 Å². The Balaban J connectivity index is 1.18. The number of ether oxygens (including phenoxy) is 1. The zero-order valence-corrected chi connectivity index (χ0v) is 21.8. The average Bonchev–Trinajstić information content (AvgIpc) is 3.26. The van der Waals surface area contributed by atoms with E-state index in [4.69, 9.17) is 4.74 Å². The number of hydrogen-bond donors (Lipinski definition) is 1. The number of carbonyl (C=O) groups excluding carboxylic acids is 2. The molecule has 1 aromatic carbocycles. The first-order valence-electron chi connectivity index (χ1n) is 13.3. The number of aryl methyl sites for hydroxylation is 1. The van der Waals surface area contributed by atoms with Gasteiger partial charge in [-0.05, 0) is 100 Å². The zero-order valence-electron chi connectivity index (χ0n) is 21.8. The minimum absolute atomic E-state index is 0.102. The van der Waals surface area contributed by atoms with Gasteiger partial charge in [0.2, 0.25) is 0 Å². The second-order valence-corrected chi connectivity index (χ2v) is 11.6. The van der Waals surface area contributed by atoms with E-state index in [9.17, 15) is 9.59 Å². The lowest BCUT2D eigenvalue weighted by Gasteiger charge is -2.47. The van der Waals surface area contributed by atoms with Crippen molar-refractivity contribution < 1.29 is 14.3 Å². The summed E-state index contributed by atoms with van der Waals surface area (Å²) in [5.74, 6) is 0.102. The van der Waals surface area contributed by atoms with Gasteiger partial charge in [-0.3, -0.25) is 9.78 Å². The molecule has 5 rings (SSSR count). The van der Waals surface area contributed by atoms with Crippen LogP contribution in [0.4, 0.5) is 10.5 Å². The molecule has 1 atom stereocenters. The SMILES string of the molecule is CC(C)(C)OC(=O)NC1CCc2ccc(C(=O)N3CCC4(CC3)CCN(c3ccncc3)CC4)cc21. The average molecular weight is 491 g/mol. The molecule has 7 nitrogen and oxygen atoms in total.